The van der Waals surface area contributed by atoms with E-state index in [2.05, 4.69) is 29.5 Å². The number of nitrogens with zero attached hydrogens (tertiary/aromatic N) is 2. The predicted molar refractivity (Wildman–Crippen MR) is 116 cm³/mol. The number of aromatic nitrogens is 1. The summed E-state index contributed by atoms with van der Waals surface area (Å²) in [5.41, 5.74) is 0.980. The molecule has 0 amide bonds. The van der Waals surface area contributed by atoms with E-state index in [-0.39, 0.29) is 24.0 Å². The van der Waals surface area contributed by atoms with Gasteiger partial charge in [0.25, 0.3) is 0 Å². The van der Waals surface area contributed by atoms with Crippen LogP contribution in [0.25, 0.3) is 0 Å². The highest BCUT2D eigenvalue weighted by Crippen LogP contribution is 2.23. The van der Waals surface area contributed by atoms with Crippen LogP contribution < -0.4 is 15.4 Å². The van der Waals surface area contributed by atoms with E-state index in [4.69, 9.17) is 14.5 Å². The second-order valence-corrected chi connectivity index (χ2v) is 6.61. The van der Waals surface area contributed by atoms with E-state index in [1.807, 2.05) is 12.1 Å². The van der Waals surface area contributed by atoms with E-state index in [9.17, 15) is 0 Å². The molecule has 148 valence electrons. The molecule has 2 N–H and O–H groups in total. The molecule has 0 bridgehead atoms. The van der Waals surface area contributed by atoms with Crippen LogP contribution in [0.3, 0.4) is 0 Å². The molecule has 1 fully saturated rings. The van der Waals surface area contributed by atoms with Crippen molar-refractivity contribution in [3.05, 3.63) is 23.9 Å². The number of ether oxygens (including phenoxy) is 2. The van der Waals surface area contributed by atoms with Crippen LogP contribution in [0.5, 0.6) is 5.88 Å². The first-order chi connectivity index (χ1) is 12.2. The molecule has 6 nitrogen and oxygen atoms in total. The Bertz CT molecular complexity index is 534. The zero-order valence-electron chi connectivity index (χ0n) is 16.2. The molecule has 1 heterocycles. The van der Waals surface area contributed by atoms with E-state index in [1.54, 1.807) is 13.3 Å². The van der Waals surface area contributed by atoms with E-state index in [0.29, 0.717) is 31.7 Å². The molecule has 1 aliphatic rings. The lowest BCUT2D eigenvalue weighted by atomic mass is 9.87. The van der Waals surface area contributed by atoms with Gasteiger partial charge < -0.3 is 20.1 Å². The normalized spacial score (nSPS) is 20.2. The lowest BCUT2D eigenvalue weighted by Crippen LogP contribution is -2.44. The quantitative estimate of drug-likeness (QED) is 0.261. The molecule has 0 spiro atoms. The second-order valence-electron chi connectivity index (χ2n) is 6.61. The van der Waals surface area contributed by atoms with Crippen LogP contribution in [0.2, 0.25) is 0 Å². The number of rotatable bonds is 8. The Morgan fingerprint density at radius 2 is 2.04 bits per heavy atom. The Morgan fingerprint density at radius 3 is 2.73 bits per heavy atom. The van der Waals surface area contributed by atoms with Crippen LogP contribution in [0.1, 0.15) is 45.1 Å². The molecule has 26 heavy (non-hydrogen) atoms. The third kappa shape index (κ3) is 8.07. The van der Waals surface area contributed by atoms with Gasteiger partial charge in [0.1, 0.15) is 6.61 Å². The van der Waals surface area contributed by atoms with Crippen molar-refractivity contribution in [1.82, 2.24) is 15.6 Å². The maximum absolute atomic E-state index is 5.69. The van der Waals surface area contributed by atoms with Gasteiger partial charge in [-0.05, 0) is 44.6 Å². The highest BCUT2D eigenvalue weighted by molar-refractivity contribution is 14.0. The summed E-state index contributed by atoms with van der Waals surface area (Å²) in [6.07, 6.45) is 6.74. The summed E-state index contributed by atoms with van der Waals surface area (Å²) in [7, 11) is 1.66. The fourth-order valence-corrected chi connectivity index (χ4v) is 2.98. The van der Waals surface area contributed by atoms with E-state index in [0.717, 1.165) is 24.0 Å². The SMILES string of the molecule is CCNC(=NCc1cccnc1OCCOC)NC1CCC(C)CC1.I. The van der Waals surface area contributed by atoms with Crippen molar-refractivity contribution < 1.29 is 9.47 Å². The second kappa shape index (κ2) is 13.1. The van der Waals surface area contributed by atoms with Crippen LogP contribution in [0, 0.1) is 5.92 Å². The van der Waals surface area contributed by atoms with E-state index < -0.39 is 0 Å². The molecule has 0 atom stereocenters. The smallest absolute Gasteiger partial charge is 0.218 e. The third-order valence-corrected chi connectivity index (χ3v) is 4.48. The summed E-state index contributed by atoms with van der Waals surface area (Å²) in [6.45, 7) is 6.84. The number of nitrogens with one attached hydrogen (secondary N) is 2. The molecular formula is C19H33IN4O2. The average Bonchev–Trinajstić information content (AvgIpc) is 2.63. The van der Waals surface area contributed by atoms with Crippen molar-refractivity contribution >= 4 is 29.9 Å². The molecule has 0 aromatic carbocycles. The van der Waals surface area contributed by atoms with Gasteiger partial charge in [-0.1, -0.05) is 13.0 Å². The summed E-state index contributed by atoms with van der Waals surface area (Å²) in [5, 5.41) is 6.92. The molecule has 1 saturated carbocycles. The Hall–Kier alpha value is -1.09. The van der Waals surface area contributed by atoms with Gasteiger partial charge in [0.2, 0.25) is 5.88 Å². The molecule has 1 aromatic heterocycles. The van der Waals surface area contributed by atoms with Gasteiger partial charge >= 0.3 is 0 Å². The largest absolute Gasteiger partial charge is 0.475 e. The van der Waals surface area contributed by atoms with Crippen molar-refractivity contribution in [3.8, 4) is 5.88 Å². The highest BCUT2D eigenvalue weighted by Gasteiger charge is 2.18. The number of hydrogen-bond donors (Lipinski definition) is 2. The maximum Gasteiger partial charge on any atom is 0.218 e. The van der Waals surface area contributed by atoms with Crippen molar-refractivity contribution in [3.63, 3.8) is 0 Å². The molecule has 0 aliphatic heterocycles. The summed E-state index contributed by atoms with van der Waals surface area (Å²) in [6, 6.07) is 4.43. The first-order valence-corrected chi connectivity index (χ1v) is 9.33. The topological polar surface area (TPSA) is 67.8 Å². The van der Waals surface area contributed by atoms with Crippen molar-refractivity contribution in [1.29, 1.82) is 0 Å². The van der Waals surface area contributed by atoms with Crippen molar-refractivity contribution in [2.24, 2.45) is 10.9 Å². The summed E-state index contributed by atoms with van der Waals surface area (Å²) < 4.78 is 10.7. The minimum atomic E-state index is 0. The fourth-order valence-electron chi connectivity index (χ4n) is 2.98. The lowest BCUT2D eigenvalue weighted by Gasteiger charge is -2.28. The predicted octanol–water partition coefficient (Wildman–Crippen LogP) is 3.36. The Kier molecular flexibility index (Phi) is 11.6. The van der Waals surface area contributed by atoms with Gasteiger partial charge in [0, 0.05) is 31.5 Å². The van der Waals surface area contributed by atoms with Gasteiger partial charge in [-0.3, -0.25) is 0 Å². The van der Waals surface area contributed by atoms with Crippen LogP contribution in [0.15, 0.2) is 23.3 Å². The number of halogens is 1. The lowest BCUT2D eigenvalue weighted by molar-refractivity contribution is 0.143. The molecule has 0 unspecified atom stereocenters. The molecule has 0 saturated heterocycles. The van der Waals surface area contributed by atoms with Crippen molar-refractivity contribution in [2.75, 3.05) is 26.9 Å². The number of guanidine groups is 1. The third-order valence-electron chi connectivity index (χ3n) is 4.48. The van der Waals surface area contributed by atoms with Gasteiger partial charge in [-0.25, -0.2) is 9.98 Å². The number of hydrogen-bond acceptors (Lipinski definition) is 4. The highest BCUT2D eigenvalue weighted by atomic mass is 127. The Morgan fingerprint density at radius 1 is 1.27 bits per heavy atom. The standard InChI is InChI=1S/C19H32N4O2.HI/c1-4-20-19(23-17-9-7-15(2)8-10-17)22-14-16-6-5-11-21-18(16)25-13-12-24-3;/h5-6,11,15,17H,4,7-10,12-14H2,1-3H3,(H2,20,22,23);1H. The van der Waals surface area contributed by atoms with E-state index >= 15 is 0 Å². The first-order valence-electron chi connectivity index (χ1n) is 9.33. The minimum Gasteiger partial charge on any atom is -0.475 e. The van der Waals surface area contributed by atoms with Crippen LogP contribution >= 0.6 is 24.0 Å². The Labute approximate surface area is 174 Å². The molecule has 2 rings (SSSR count). The average molecular weight is 476 g/mol. The maximum atomic E-state index is 5.69. The zero-order valence-corrected chi connectivity index (χ0v) is 18.5. The molecule has 1 aliphatic carbocycles. The molecule has 1 aromatic rings. The monoisotopic (exact) mass is 476 g/mol. The Balaban J connectivity index is 0.00000338. The van der Waals surface area contributed by atoms with Gasteiger partial charge in [-0.15, -0.1) is 24.0 Å². The molecular weight excluding hydrogens is 443 g/mol. The van der Waals surface area contributed by atoms with Crippen molar-refractivity contribution in [2.45, 2.75) is 52.1 Å². The first kappa shape index (κ1) is 23.0. The van der Waals surface area contributed by atoms with Crippen LogP contribution in [-0.4, -0.2) is 43.9 Å². The molecule has 0 radical (unpaired) electrons. The van der Waals surface area contributed by atoms with Crippen LogP contribution in [-0.2, 0) is 11.3 Å². The summed E-state index contributed by atoms with van der Waals surface area (Å²) in [4.78, 5) is 9.04. The fraction of sp³-hybridized carbons (Fsp3) is 0.684. The van der Waals surface area contributed by atoms with E-state index in [1.165, 1.54) is 25.7 Å². The van der Waals surface area contributed by atoms with Gasteiger partial charge in [0.05, 0.1) is 13.2 Å². The zero-order chi connectivity index (χ0) is 17.9. The summed E-state index contributed by atoms with van der Waals surface area (Å²) >= 11 is 0. The van der Waals surface area contributed by atoms with Gasteiger partial charge in [-0.2, -0.15) is 0 Å². The van der Waals surface area contributed by atoms with Crippen LogP contribution in [0.4, 0.5) is 0 Å². The summed E-state index contributed by atoms with van der Waals surface area (Å²) in [5.74, 6) is 2.35. The number of methoxy groups -OCH3 is 1. The van der Waals surface area contributed by atoms with Gasteiger partial charge in [0.15, 0.2) is 5.96 Å². The minimum absolute atomic E-state index is 0. The number of pyridine rings is 1. The number of aliphatic imine (C=N–C) groups is 1. The molecule has 7 heteroatoms.